The average Bonchev–Trinajstić information content (AvgIpc) is 2.89. The number of aryl methyl sites for hydroxylation is 1. The Balaban J connectivity index is 1.34. The van der Waals surface area contributed by atoms with E-state index in [0.29, 0.717) is 0 Å². The molecule has 1 N–H and O–H groups in total. The van der Waals surface area contributed by atoms with Gasteiger partial charge in [0.2, 0.25) is 0 Å². The summed E-state index contributed by atoms with van der Waals surface area (Å²) in [7, 11) is 0. The Morgan fingerprint density at radius 1 is 0.829 bits per heavy atom. The highest BCUT2D eigenvalue weighted by molar-refractivity contribution is 6.30. The predicted molar refractivity (Wildman–Crippen MR) is 146 cm³/mol. The van der Waals surface area contributed by atoms with Gasteiger partial charge in [-0.3, -0.25) is 0 Å². The van der Waals surface area contributed by atoms with Gasteiger partial charge in [-0.15, -0.1) is 0 Å². The third-order valence-corrected chi connectivity index (χ3v) is 6.21. The number of nitrogens with zero attached hydrogens (tertiary/aromatic N) is 2. The maximum absolute atomic E-state index is 5.98. The number of nitrogens with one attached hydrogen (secondary N) is 1. The number of pyridine rings is 2. The van der Waals surface area contributed by atoms with E-state index in [4.69, 9.17) is 16.6 Å². The van der Waals surface area contributed by atoms with Crippen molar-refractivity contribution in [2.75, 3.05) is 5.32 Å². The van der Waals surface area contributed by atoms with Gasteiger partial charge in [0, 0.05) is 33.8 Å². The Morgan fingerprint density at radius 2 is 1.60 bits per heavy atom. The molecular formula is C31H24ClN3. The van der Waals surface area contributed by atoms with Crippen LogP contribution in [0, 0.1) is 18.8 Å². The zero-order valence-electron chi connectivity index (χ0n) is 19.6. The molecule has 0 aliphatic rings. The van der Waals surface area contributed by atoms with Gasteiger partial charge in [0.05, 0.1) is 5.52 Å². The first-order valence-corrected chi connectivity index (χ1v) is 11.9. The Morgan fingerprint density at radius 3 is 2.34 bits per heavy atom. The summed E-state index contributed by atoms with van der Waals surface area (Å²) in [5.41, 5.74) is 7.11. The molecule has 2 aromatic heterocycles. The molecule has 5 rings (SSSR count). The molecule has 0 fully saturated rings. The second kappa shape index (κ2) is 10.0. The number of rotatable bonds is 4. The average molecular weight is 474 g/mol. The molecule has 170 valence electrons. The lowest BCUT2D eigenvalue weighted by Gasteiger charge is -2.16. The normalized spacial score (nSPS) is 11.5. The van der Waals surface area contributed by atoms with Crippen LogP contribution in [-0.4, -0.2) is 9.97 Å². The number of benzene rings is 3. The summed E-state index contributed by atoms with van der Waals surface area (Å²) in [5, 5.41) is 5.34. The largest absolute Gasteiger partial charge is 0.364 e. The molecule has 0 saturated heterocycles. The second-order valence-electron chi connectivity index (χ2n) is 8.52. The van der Waals surface area contributed by atoms with Gasteiger partial charge in [0.25, 0.3) is 0 Å². The molecule has 0 spiro atoms. The van der Waals surface area contributed by atoms with Crippen LogP contribution in [0.25, 0.3) is 22.0 Å². The fraction of sp³-hybridized carbons (Fsp3) is 0.0968. The molecule has 0 saturated carbocycles. The third kappa shape index (κ3) is 5.35. The predicted octanol–water partition coefficient (Wildman–Crippen LogP) is 7.83. The smallest absolute Gasteiger partial charge is 0.127 e. The van der Waals surface area contributed by atoms with Crippen LogP contribution < -0.4 is 5.32 Å². The molecule has 0 bridgehead atoms. The minimum atomic E-state index is 0.171. The molecular weight excluding hydrogens is 450 g/mol. The molecule has 0 aliphatic carbocycles. The van der Waals surface area contributed by atoms with Crippen molar-refractivity contribution in [2.45, 2.75) is 19.9 Å². The zero-order valence-corrected chi connectivity index (χ0v) is 20.3. The molecule has 3 nitrogen and oxygen atoms in total. The monoisotopic (exact) mass is 473 g/mol. The van der Waals surface area contributed by atoms with Crippen molar-refractivity contribution in [3.8, 4) is 23.0 Å². The van der Waals surface area contributed by atoms with Crippen molar-refractivity contribution in [2.24, 2.45) is 0 Å². The summed E-state index contributed by atoms with van der Waals surface area (Å²) in [4.78, 5) is 9.33. The summed E-state index contributed by atoms with van der Waals surface area (Å²) in [6, 6.07) is 30.5. The van der Waals surface area contributed by atoms with Crippen LogP contribution in [-0.2, 0) is 0 Å². The number of hydrogen-bond donors (Lipinski definition) is 1. The van der Waals surface area contributed by atoms with Crippen molar-refractivity contribution in [1.82, 2.24) is 9.97 Å². The van der Waals surface area contributed by atoms with E-state index >= 15 is 0 Å². The quantitative estimate of drug-likeness (QED) is 0.270. The minimum Gasteiger partial charge on any atom is -0.364 e. The van der Waals surface area contributed by atoms with Gasteiger partial charge in [-0.1, -0.05) is 66.1 Å². The Kier molecular flexibility index (Phi) is 6.48. The van der Waals surface area contributed by atoms with Gasteiger partial charge >= 0.3 is 0 Å². The fourth-order valence-electron chi connectivity index (χ4n) is 4.01. The Bertz CT molecular complexity index is 1530. The SMILES string of the molecule is Cc1cc(NC(C)c2ccccc2)nc2ccc(C#Cc3ccc(-c4ccc(Cl)cc4)cn3)cc12. The Hall–Kier alpha value is -4.13. The van der Waals surface area contributed by atoms with Gasteiger partial charge < -0.3 is 5.32 Å². The maximum Gasteiger partial charge on any atom is 0.127 e. The van der Waals surface area contributed by atoms with Crippen LogP contribution in [0.15, 0.2) is 97.2 Å². The standard InChI is InChI=1S/C31H24ClN3/c1-21-18-31(34-22(2)24-6-4-3-5-7-24)35-30-17-9-23(19-29(21)30)8-15-28-16-12-26(20-33-28)25-10-13-27(32)14-11-25/h3-7,9-14,16-20,22H,1-2H3,(H,34,35). The molecule has 0 amide bonds. The molecule has 2 heterocycles. The van der Waals surface area contributed by atoms with E-state index in [-0.39, 0.29) is 6.04 Å². The number of hydrogen-bond acceptors (Lipinski definition) is 3. The van der Waals surface area contributed by atoms with Gasteiger partial charge in [0.15, 0.2) is 0 Å². The number of anilines is 1. The minimum absolute atomic E-state index is 0.171. The van der Waals surface area contributed by atoms with Gasteiger partial charge in [-0.05, 0) is 78.9 Å². The molecule has 3 aromatic carbocycles. The van der Waals surface area contributed by atoms with Crippen LogP contribution in [0.4, 0.5) is 5.82 Å². The molecule has 1 unspecified atom stereocenters. The van der Waals surface area contributed by atoms with E-state index in [0.717, 1.165) is 49.7 Å². The number of halogens is 1. The van der Waals surface area contributed by atoms with Crippen molar-refractivity contribution in [3.63, 3.8) is 0 Å². The van der Waals surface area contributed by atoms with E-state index in [1.54, 1.807) is 0 Å². The molecule has 1 atom stereocenters. The summed E-state index contributed by atoms with van der Waals surface area (Å²) in [6.07, 6.45) is 1.84. The van der Waals surface area contributed by atoms with Gasteiger partial charge in [-0.25, -0.2) is 9.97 Å². The summed E-state index contributed by atoms with van der Waals surface area (Å²) in [6.45, 7) is 4.25. The Labute approximate surface area is 210 Å². The van der Waals surface area contributed by atoms with Crippen LogP contribution in [0.3, 0.4) is 0 Å². The van der Waals surface area contributed by atoms with Crippen molar-refractivity contribution >= 4 is 28.3 Å². The lowest BCUT2D eigenvalue weighted by atomic mass is 10.1. The third-order valence-electron chi connectivity index (χ3n) is 5.96. The highest BCUT2D eigenvalue weighted by atomic mass is 35.5. The van der Waals surface area contributed by atoms with E-state index < -0.39 is 0 Å². The summed E-state index contributed by atoms with van der Waals surface area (Å²) >= 11 is 5.98. The van der Waals surface area contributed by atoms with E-state index in [1.807, 2.05) is 60.8 Å². The molecule has 0 aliphatic heterocycles. The fourth-order valence-corrected chi connectivity index (χ4v) is 4.14. The lowest BCUT2D eigenvalue weighted by molar-refractivity contribution is 0.876. The highest BCUT2D eigenvalue weighted by Crippen LogP contribution is 2.25. The molecule has 4 heteroatoms. The first-order valence-electron chi connectivity index (χ1n) is 11.5. The summed E-state index contributed by atoms with van der Waals surface area (Å²) < 4.78 is 0. The van der Waals surface area contributed by atoms with Crippen molar-refractivity contribution in [1.29, 1.82) is 0 Å². The summed E-state index contributed by atoms with van der Waals surface area (Å²) in [5.74, 6) is 7.29. The maximum atomic E-state index is 5.98. The van der Waals surface area contributed by atoms with Crippen LogP contribution in [0.1, 0.15) is 35.3 Å². The van der Waals surface area contributed by atoms with Crippen molar-refractivity contribution < 1.29 is 0 Å². The first kappa shape index (κ1) is 22.7. The van der Waals surface area contributed by atoms with Crippen molar-refractivity contribution in [3.05, 3.63) is 125 Å². The first-order chi connectivity index (χ1) is 17.0. The second-order valence-corrected chi connectivity index (χ2v) is 8.96. The lowest BCUT2D eigenvalue weighted by Crippen LogP contribution is -2.08. The molecule has 35 heavy (non-hydrogen) atoms. The van der Waals surface area contributed by atoms with E-state index in [9.17, 15) is 0 Å². The van der Waals surface area contributed by atoms with E-state index in [2.05, 4.69) is 72.4 Å². The van der Waals surface area contributed by atoms with Crippen LogP contribution in [0.2, 0.25) is 5.02 Å². The molecule has 0 radical (unpaired) electrons. The zero-order chi connectivity index (χ0) is 24.2. The number of fused-ring (bicyclic) bond motifs is 1. The van der Waals surface area contributed by atoms with Crippen LogP contribution in [0.5, 0.6) is 0 Å². The topological polar surface area (TPSA) is 37.8 Å². The van der Waals surface area contributed by atoms with Gasteiger partial charge in [0.1, 0.15) is 11.5 Å². The van der Waals surface area contributed by atoms with Gasteiger partial charge in [-0.2, -0.15) is 0 Å². The van der Waals surface area contributed by atoms with Crippen LogP contribution >= 0.6 is 11.6 Å². The number of aromatic nitrogens is 2. The highest BCUT2D eigenvalue weighted by Gasteiger charge is 2.08. The molecule has 5 aromatic rings. The van der Waals surface area contributed by atoms with E-state index in [1.165, 1.54) is 5.56 Å².